The number of nitrogens with one attached hydrogen (secondary N) is 1. The minimum atomic E-state index is 0.0183. The molecule has 7 nitrogen and oxygen atoms in total. The van der Waals surface area contributed by atoms with Crippen molar-refractivity contribution in [2.75, 3.05) is 0 Å². The number of hydrogen-bond donors (Lipinski definition) is 1. The van der Waals surface area contributed by atoms with E-state index < -0.39 is 0 Å². The summed E-state index contributed by atoms with van der Waals surface area (Å²) in [5.41, 5.74) is 4.94. The lowest BCUT2D eigenvalue weighted by molar-refractivity contribution is -0.121. The van der Waals surface area contributed by atoms with Crippen LogP contribution in [0.2, 0.25) is 0 Å². The molecule has 3 aromatic heterocycles. The molecule has 0 atom stereocenters. The number of hydrogen-bond acceptors (Lipinski definition) is 4. The normalized spacial score (nSPS) is 11.1. The van der Waals surface area contributed by atoms with E-state index in [9.17, 15) is 4.79 Å². The van der Waals surface area contributed by atoms with Gasteiger partial charge in [-0.2, -0.15) is 10.2 Å². The van der Waals surface area contributed by atoms with Gasteiger partial charge in [0.15, 0.2) is 5.65 Å². The summed E-state index contributed by atoms with van der Waals surface area (Å²) in [5, 5.41) is 11.5. The van der Waals surface area contributed by atoms with Crippen LogP contribution in [-0.4, -0.2) is 30.3 Å². The number of aromatic nitrogens is 5. The van der Waals surface area contributed by atoms with E-state index in [1.807, 2.05) is 43.8 Å². The van der Waals surface area contributed by atoms with Gasteiger partial charge in [-0.15, -0.1) is 0 Å². The average molecular weight is 312 g/mol. The molecule has 0 aromatic carbocycles. The Balaban J connectivity index is 1.59. The number of pyridine rings is 1. The summed E-state index contributed by atoms with van der Waals surface area (Å²) in [6.45, 7) is 4.44. The van der Waals surface area contributed by atoms with Crippen LogP contribution >= 0.6 is 0 Å². The van der Waals surface area contributed by atoms with Gasteiger partial charge >= 0.3 is 0 Å². The minimum absolute atomic E-state index is 0.0183. The van der Waals surface area contributed by atoms with Crippen molar-refractivity contribution in [2.45, 2.75) is 33.2 Å². The Labute approximate surface area is 134 Å². The topological polar surface area (TPSA) is 77.1 Å². The van der Waals surface area contributed by atoms with Gasteiger partial charge in [-0.25, -0.2) is 9.50 Å². The number of rotatable bonds is 5. The Kier molecular flexibility index (Phi) is 4.10. The Morgan fingerprint density at radius 3 is 2.87 bits per heavy atom. The van der Waals surface area contributed by atoms with Crippen molar-refractivity contribution >= 4 is 11.6 Å². The molecule has 0 radical (unpaired) electrons. The number of carbonyl (C=O) groups excluding carboxylic acids is 1. The van der Waals surface area contributed by atoms with E-state index in [4.69, 9.17) is 0 Å². The number of aryl methyl sites for hydroxylation is 2. The Morgan fingerprint density at radius 2 is 2.13 bits per heavy atom. The van der Waals surface area contributed by atoms with Crippen molar-refractivity contribution in [3.8, 4) is 0 Å². The summed E-state index contributed by atoms with van der Waals surface area (Å²) >= 11 is 0. The van der Waals surface area contributed by atoms with Crippen LogP contribution in [0.5, 0.6) is 0 Å². The fourth-order valence-electron chi connectivity index (χ4n) is 2.73. The van der Waals surface area contributed by atoms with Crippen LogP contribution in [0.15, 0.2) is 24.5 Å². The van der Waals surface area contributed by atoms with Gasteiger partial charge in [0.1, 0.15) is 6.33 Å². The van der Waals surface area contributed by atoms with Gasteiger partial charge in [0, 0.05) is 19.2 Å². The quantitative estimate of drug-likeness (QED) is 0.771. The fraction of sp³-hybridized carbons (Fsp3) is 0.375. The first kappa shape index (κ1) is 15.2. The van der Waals surface area contributed by atoms with Gasteiger partial charge in [0.05, 0.1) is 17.9 Å². The number of fused-ring (bicyclic) bond motifs is 1. The highest BCUT2D eigenvalue weighted by Gasteiger charge is 2.11. The van der Waals surface area contributed by atoms with Crippen molar-refractivity contribution in [3.63, 3.8) is 0 Å². The zero-order valence-electron chi connectivity index (χ0n) is 13.6. The molecule has 1 amide bonds. The molecule has 3 aromatic rings. The summed E-state index contributed by atoms with van der Waals surface area (Å²) in [5.74, 6) is 0.0183. The van der Waals surface area contributed by atoms with E-state index in [0.717, 1.165) is 28.3 Å². The first-order valence-electron chi connectivity index (χ1n) is 7.59. The molecule has 1 N–H and O–H groups in total. The van der Waals surface area contributed by atoms with E-state index in [0.29, 0.717) is 19.4 Å². The monoisotopic (exact) mass is 312 g/mol. The number of nitrogens with zero attached hydrogens (tertiary/aromatic N) is 5. The highest BCUT2D eigenvalue weighted by atomic mass is 16.1. The van der Waals surface area contributed by atoms with Gasteiger partial charge in [-0.3, -0.25) is 9.48 Å². The molecule has 0 aliphatic carbocycles. The molecule has 3 rings (SSSR count). The zero-order chi connectivity index (χ0) is 16.4. The molecular formula is C16H20N6O. The van der Waals surface area contributed by atoms with Crippen molar-refractivity contribution in [1.29, 1.82) is 0 Å². The smallest absolute Gasteiger partial charge is 0.220 e. The summed E-state index contributed by atoms with van der Waals surface area (Å²) in [4.78, 5) is 16.2. The molecule has 7 heteroatoms. The van der Waals surface area contributed by atoms with Crippen LogP contribution in [-0.2, 0) is 24.8 Å². The molecule has 0 saturated heterocycles. The predicted molar refractivity (Wildman–Crippen MR) is 85.8 cm³/mol. The van der Waals surface area contributed by atoms with E-state index in [1.165, 1.54) is 6.33 Å². The molecule has 120 valence electrons. The largest absolute Gasteiger partial charge is 0.350 e. The molecule has 0 saturated carbocycles. The highest BCUT2D eigenvalue weighted by molar-refractivity contribution is 5.76. The molecule has 23 heavy (non-hydrogen) atoms. The summed E-state index contributed by atoms with van der Waals surface area (Å²) in [6, 6.07) is 5.72. The van der Waals surface area contributed by atoms with Crippen LogP contribution in [0.1, 0.15) is 29.1 Å². The van der Waals surface area contributed by atoms with Crippen molar-refractivity contribution in [2.24, 2.45) is 7.05 Å². The fourth-order valence-corrected chi connectivity index (χ4v) is 2.73. The highest BCUT2D eigenvalue weighted by Crippen LogP contribution is 2.14. The third kappa shape index (κ3) is 3.08. The van der Waals surface area contributed by atoms with Crippen LogP contribution < -0.4 is 5.32 Å². The van der Waals surface area contributed by atoms with Crippen LogP contribution in [0.25, 0.3) is 5.65 Å². The van der Waals surface area contributed by atoms with E-state index in [1.54, 1.807) is 4.52 Å². The average Bonchev–Trinajstić information content (AvgIpc) is 3.09. The summed E-state index contributed by atoms with van der Waals surface area (Å²) in [6.07, 6.45) is 2.65. The zero-order valence-corrected chi connectivity index (χ0v) is 13.6. The van der Waals surface area contributed by atoms with E-state index in [2.05, 4.69) is 20.5 Å². The maximum Gasteiger partial charge on any atom is 0.220 e. The Hall–Kier alpha value is -2.70. The lowest BCUT2D eigenvalue weighted by Crippen LogP contribution is -2.24. The first-order valence-corrected chi connectivity index (χ1v) is 7.59. The molecule has 0 aliphatic rings. The van der Waals surface area contributed by atoms with Gasteiger partial charge < -0.3 is 5.32 Å². The maximum absolute atomic E-state index is 12.1. The van der Waals surface area contributed by atoms with Crippen molar-refractivity contribution < 1.29 is 4.79 Å². The second kappa shape index (κ2) is 6.20. The summed E-state index contributed by atoms with van der Waals surface area (Å²) < 4.78 is 3.59. The lowest BCUT2D eigenvalue weighted by atomic mass is 10.1. The molecule has 0 fully saturated rings. The minimum Gasteiger partial charge on any atom is -0.350 e. The van der Waals surface area contributed by atoms with Crippen LogP contribution in [0.4, 0.5) is 0 Å². The molecule has 0 bridgehead atoms. The number of carbonyl (C=O) groups is 1. The Bertz CT molecular complexity index is 847. The van der Waals surface area contributed by atoms with Crippen LogP contribution in [0, 0.1) is 13.8 Å². The third-order valence-corrected chi connectivity index (χ3v) is 4.11. The van der Waals surface area contributed by atoms with Gasteiger partial charge in [-0.05, 0) is 38.0 Å². The number of amides is 1. The first-order chi connectivity index (χ1) is 11.1. The van der Waals surface area contributed by atoms with Gasteiger partial charge in [0.2, 0.25) is 5.91 Å². The predicted octanol–water partition coefficient (Wildman–Crippen LogP) is 1.33. The SMILES string of the molecule is Cc1nn(C)c(C)c1CCC(=O)NCc1cccc2ncnn12. The third-order valence-electron chi connectivity index (χ3n) is 4.11. The second-order valence-corrected chi connectivity index (χ2v) is 5.60. The maximum atomic E-state index is 12.1. The van der Waals surface area contributed by atoms with E-state index >= 15 is 0 Å². The van der Waals surface area contributed by atoms with Crippen LogP contribution in [0.3, 0.4) is 0 Å². The molecule has 3 heterocycles. The molecule has 0 spiro atoms. The lowest BCUT2D eigenvalue weighted by Gasteiger charge is -2.07. The standard InChI is InChI=1S/C16H20N6O/c1-11-14(12(2)21(3)20-11)7-8-16(23)17-9-13-5-4-6-15-18-10-19-22(13)15/h4-6,10H,7-9H2,1-3H3,(H,17,23). The van der Waals surface area contributed by atoms with E-state index in [-0.39, 0.29) is 5.91 Å². The summed E-state index contributed by atoms with van der Waals surface area (Å²) in [7, 11) is 1.92. The van der Waals surface area contributed by atoms with Crippen molar-refractivity contribution in [3.05, 3.63) is 47.2 Å². The van der Waals surface area contributed by atoms with Crippen molar-refractivity contribution in [1.82, 2.24) is 29.7 Å². The molecular weight excluding hydrogens is 292 g/mol. The molecule has 0 unspecified atom stereocenters. The van der Waals surface area contributed by atoms with Gasteiger partial charge in [0.25, 0.3) is 0 Å². The second-order valence-electron chi connectivity index (χ2n) is 5.60. The molecule has 0 aliphatic heterocycles. The Morgan fingerprint density at radius 1 is 1.30 bits per heavy atom. The van der Waals surface area contributed by atoms with Gasteiger partial charge in [-0.1, -0.05) is 6.07 Å².